The number of anilines is 1. The van der Waals surface area contributed by atoms with Crippen LogP contribution < -0.4 is 5.32 Å². The second-order valence-corrected chi connectivity index (χ2v) is 9.24. The molecule has 5 rings (SSSR count). The van der Waals surface area contributed by atoms with Gasteiger partial charge in [-0.2, -0.15) is 14.9 Å². The van der Waals surface area contributed by atoms with E-state index in [1.54, 1.807) is 39.8 Å². The molecule has 10 heteroatoms. The van der Waals surface area contributed by atoms with Crippen LogP contribution in [0.2, 0.25) is 5.02 Å². The largest absolute Gasteiger partial charge is 0.306 e. The fourth-order valence-corrected chi connectivity index (χ4v) is 4.22. The number of fused-ring (bicyclic) bond motifs is 1. The van der Waals surface area contributed by atoms with Crippen molar-refractivity contribution in [3.63, 3.8) is 0 Å². The summed E-state index contributed by atoms with van der Waals surface area (Å²) < 4.78 is 4.10. The molecule has 170 valence electrons. The zero-order valence-electron chi connectivity index (χ0n) is 18.5. The van der Waals surface area contributed by atoms with Gasteiger partial charge in [0, 0.05) is 10.5 Å². The normalized spacial score (nSPS) is 11.2. The van der Waals surface area contributed by atoms with Gasteiger partial charge in [-0.25, -0.2) is 14.6 Å². The minimum absolute atomic E-state index is 0.344. The lowest BCUT2D eigenvalue weighted by Gasteiger charge is -2.10. The van der Waals surface area contributed by atoms with Crippen LogP contribution in [-0.4, -0.2) is 35.4 Å². The average molecular weight is 537 g/mol. The van der Waals surface area contributed by atoms with Crippen LogP contribution in [0.25, 0.3) is 22.5 Å². The minimum Gasteiger partial charge on any atom is -0.306 e. The Labute approximate surface area is 208 Å². The molecule has 0 fully saturated rings. The Bertz CT molecular complexity index is 1570. The van der Waals surface area contributed by atoms with E-state index in [-0.39, 0.29) is 5.91 Å². The van der Waals surface area contributed by atoms with Crippen molar-refractivity contribution in [2.45, 2.75) is 20.8 Å². The monoisotopic (exact) mass is 535 g/mol. The molecule has 1 amide bonds. The summed E-state index contributed by atoms with van der Waals surface area (Å²) in [6, 6.07) is 13.0. The van der Waals surface area contributed by atoms with Crippen molar-refractivity contribution >= 4 is 50.3 Å². The first-order chi connectivity index (χ1) is 16.3. The predicted octanol–water partition coefficient (Wildman–Crippen LogP) is 5.59. The van der Waals surface area contributed by atoms with Crippen molar-refractivity contribution in [1.82, 2.24) is 29.5 Å². The molecule has 8 nitrogen and oxygen atoms in total. The van der Waals surface area contributed by atoms with Crippen LogP contribution in [0.15, 0.2) is 59.5 Å². The number of aryl methyl sites for hydroxylation is 3. The topological polar surface area (TPSA) is 90.5 Å². The highest BCUT2D eigenvalue weighted by molar-refractivity contribution is 9.10. The number of aromatic nitrogens is 6. The number of rotatable bonds is 4. The Balaban J connectivity index is 1.57. The third-order valence-electron chi connectivity index (χ3n) is 5.53. The first-order valence-corrected chi connectivity index (χ1v) is 11.6. The van der Waals surface area contributed by atoms with E-state index >= 15 is 0 Å². The van der Waals surface area contributed by atoms with Gasteiger partial charge < -0.3 is 5.32 Å². The summed E-state index contributed by atoms with van der Waals surface area (Å²) >= 11 is 9.62. The standard InChI is InChI=1S/C24H19BrClN7O/c1-13-4-6-17(8-14(13)2)32-22-19(11-29-32)23(28-12-27-22)33-21(9-15(3)31-33)30-24(34)18-10-16(25)5-7-20(18)26/h4-12H,1-3H3,(H,30,34). The molecule has 3 heterocycles. The molecule has 0 aliphatic heterocycles. The molecule has 34 heavy (non-hydrogen) atoms. The summed E-state index contributed by atoms with van der Waals surface area (Å²) in [6.45, 7) is 5.97. The van der Waals surface area contributed by atoms with Crippen LogP contribution in [0.3, 0.4) is 0 Å². The maximum atomic E-state index is 13.0. The number of nitrogens with one attached hydrogen (secondary N) is 1. The molecule has 0 aliphatic rings. The zero-order valence-corrected chi connectivity index (χ0v) is 20.9. The Kier molecular flexibility index (Phi) is 5.66. The van der Waals surface area contributed by atoms with E-state index in [1.807, 2.05) is 13.0 Å². The molecule has 0 aliphatic carbocycles. The lowest BCUT2D eigenvalue weighted by atomic mass is 10.1. The molecule has 0 spiro atoms. The second-order valence-electron chi connectivity index (χ2n) is 7.92. The highest BCUT2D eigenvalue weighted by Gasteiger charge is 2.19. The van der Waals surface area contributed by atoms with E-state index in [0.29, 0.717) is 38.9 Å². The van der Waals surface area contributed by atoms with Gasteiger partial charge in [-0.1, -0.05) is 33.6 Å². The third kappa shape index (κ3) is 3.97. The van der Waals surface area contributed by atoms with Gasteiger partial charge in [0.05, 0.1) is 33.6 Å². The van der Waals surface area contributed by atoms with E-state index < -0.39 is 0 Å². The number of amides is 1. The molecule has 0 atom stereocenters. The smallest absolute Gasteiger partial charge is 0.258 e. The minimum atomic E-state index is -0.358. The molecule has 0 unspecified atom stereocenters. The molecule has 0 saturated heterocycles. The van der Waals surface area contributed by atoms with Gasteiger partial charge in [-0.3, -0.25) is 4.79 Å². The number of nitrogens with zero attached hydrogens (tertiary/aromatic N) is 6. The summed E-state index contributed by atoms with van der Waals surface area (Å²) in [4.78, 5) is 21.9. The third-order valence-corrected chi connectivity index (χ3v) is 6.35. The van der Waals surface area contributed by atoms with E-state index in [1.165, 1.54) is 11.9 Å². The molecule has 3 aromatic heterocycles. The summed E-state index contributed by atoms with van der Waals surface area (Å²) in [7, 11) is 0. The van der Waals surface area contributed by atoms with Gasteiger partial charge in [-0.15, -0.1) is 0 Å². The number of halogens is 2. The number of carbonyl (C=O) groups is 1. The van der Waals surface area contributed by atoms with Crippen LogP contribution in [-0.2, 0) is 0 Å². The van der Waals surface area contributed by atoms with Crippen molar-refractivity contribution in [2.75, 3.05) is 5.32 Å². The summed E-state index contributed by atoms with van der Waals surface area (Å²) in [5.74, 6) is 0.602. The van der Waals surface area contributed by atoms with Crippen LogP contribution in [0.5, 0.6) is 0 Å². The van der Waals surface area contributed by atoms with Crippen molar-refractivity contribution in [2.24, 2.45) is 0 Å². The molecule has 0 radical (unpaired) electrons. The number of hydrogen-bond acceptors (Lipinski definition) is 5. The molecule has 0 saturated carbocycles. The first-order valence-electron chi connectivity index (χ1n) is 10.4. The Morgan fingerprint density at radius 1 is 1.00 bits per heavy atom. The predicted molar refractivity (Wildman–Crippen MR) is 135 cm³/mol. The van der Waals surface area contributed by atoms with Gasteiger partial charge in [-0.05, 0) is 62.2 Å². The van der Waals surface area contributed by atoms with Crippen molar-refractivity contribution in [1.29, 1.82) is 0 Å². The highest BCUT2D eigenvalue weighted by Crippen LogP contribution is 2.26. The summed E-state index contributed by atoms with van der Waals surface area (Å²) in [5, 5.41) is 13.1. The van der Waals surface area contributed by atoms with Crippen LogP contribution in [0, 0.1) is 20.8 Å². The van der Waals surface area contributed by atoms with Gasteiger partial charge in [0.2, 0.25) is 0 Å². The lowest BCUT2D eigenvalue weighted by Crippen LogP contribution is -2.16. The fourth-order valence-electron chi connectivity index (χ4n) is 3.65. The molecule has 0 bridgehead atoms. The molecule has 5 aromatic rings. The Hall–Kier alpha value is -3.56. The van der Waals surface area contributed by atoms with Crippen molar-refractivity contribution < 1.29 is 4.79 Å². The zero-order chi connectivity index (χ0) is 24.0. The van der Waals surface area contributed by atoms with Crippen molar-refractivity contribution in [3.8, 4) is 11.5 Å². The van der Waals surface area contributed by atoms with Crippen LogP contribution >= 0.6 is 27.5 Å². The molecular weight excluding hydrogens is 518 g/mol. The maximum absolute atomic E-state index is 13.0. The van der Waals surface area contributed by atoms with E-state index in [9.17, 15) is 4.79 Å². The average Bonchev–Trinajstić information content (AvgIpc) is 3.40. The van der Waals surface area contributed by atoms with Crippen LogP contribution in [0.4, 0.5) is 5.82 Å². The van der Waals surface area contributed by atoms with Gasteiger partial charge in [0.1, 0.15) is 12.1 Å². The fraction of sp³-hybridized carbons (Fsp3) is 0.125. The quantitative estimate of drug-likeness (QED) is 0.323. The highest BCUT2D eigenvalue weighted by atomic mass is 79.9. The number of benzene rings is 2. The molecule has 1 N–H and O–H groups in total. The summed E-state index contributed by atoms with van der Waals surface area (Å²) in [5.41, 5.74) is 4.95. The van der Waals surface area contributed by atoms with E-state index in [0.717, 1.165) is 15.7 Å². The Morgan fingerprint density at radius 3 is 2.62 bits per heavy atom. The first kappa shape index (κ1) is 22.2. The molecule has 2 aromatic carbocycles. The van der Waals surface area contributed by atoms with E-state index in [4.69, 9.17) is 11.6 Å². The SMILES string of the molecule is Cc1cc(NC(=O)c2cc(Br)ccc2Cl)n(-c2ncnc3c2cnn3-c2ccc(C)c(C)c2)n1. The van der Waals surface area contributed by atoms with Gasteiger partial charge in [0.25, 0.3) is 5.91 Å². The maximum Gasteiger partial charge on any atom is 0.258 e. The number of hydrogen-bond donors (Lipinski definition) is 1. The summed E-state index contributed by atoms with van der Waals surface area (Å²) in [6.07, 6.45) is 3.17. The second kappa shape index (κ2) is 8.66. The van der Waals surface area contributed by atoms with Gasteiger partial charge in [0.15, 0.2) is 11.5 Å². The van der Waals surface area contributed by atoms with Gasteiger partial charge >= 0.3 is 0 Å². The molecular formula is C24H19BrClN7O. The lowest BCUT2D eigenvalue weighted by molar-refractivity contribution is 0.102. The van der Waals surface area contributed by atoms with Crippen LogP contribution in [0.1, 0.15) is 27.2 Å². The van der Waals surface area contributed by atoms with Crippen molar-refractivity contribution in [3.05, 3.63) is 86.9 Å². The number of carbonyl (C=O) groups excluding carboxylic acids is 1. The van der Waals surface area contributed by atoms with E-state index in [2.05, 4.69) is 67.4 Å². The Morgan fingerprint density at radius 2 is 1.82 bits per heavy atom.